The molecule has 1 saturated carbocycles. The number of esters is 1. The van der Waals surface area contributed by atoms with Gasteiger partial charge in [-0.15, -0.1) is 0 Å². The van der Waals surface area contributed by atoms with Crippen molar-refractivity contribution in [2.24, 2.45) is 13.0 Å². The van der Waals surface area contributed by atoms with Crippen LogP contribution in [0.3, 0.4) is 0 Å². The second kappa shape index (κ2) is 7.78. The number of aromatic nitrogens is 2. The number of piperidine rings is 1. The fraction of sp³-hybridized carbons (Fsp3) is 0.500. The molecule has 1 saturated heterocycles. The maximum Gasteiger partial charge on any atom is 0.337 e. The summed E-state index contributed by atoms with van der Waals surface area (Å²) in [4.78, 5) is 27.3. The maximum absolute atomic E-state index is 13.5. The van der Waals surface area contributed by atoms with Crippen molar-refractivity contribution >= 4 is 11.9 Å². The van der Waals surface area contributed by atoms with Gasteiger partial charge in [-0.1, -0.05) is 25.0 Å². The Morgan fingerprint density at radius 1 is 1.07 bits per heavy atom. The molecule has 2 aromatic rings. The number of benzene rings is 1. The van der Waals surface area contributed by atoms with E-state index in [4.69, 9.17) is 4.74 Å². The van der Waals surface area contributed by atoms with Gasteiger partial charge in [-0.05, 0) is 43.7 Å². The van der Waals surface area contributed by atoms with Gasteiger partial charge >= 0.3 is 5.97 Å². The van der Waals surface area contributed by atoms with Crippen molar-refractivity contribution in [2.75, 3.05) is 13.7 Å². The number of likely N-dealkylation sites (tertiary alicyclic amines) is 1. The van der Waals surface area contributed by atoms with Gasteiger partial charge in [0, 0.05) is 25.2 Å². The number of carbonyl (C=O) groups is 2. The standard InChI is InChI=1S/C22H27N3O3/c1-24-20(16-9-11-17(12-10-16)22(27)28-2)18(14-23-24)21(26)25-13-5-7-15-6-3-4-8-19(15)25/h9-12,14-15,19H,3-8,13H2,1-2H3. The summed E-state index contributed by atoms with van der Waals surface area (Å²) in [5, 5.41) is 4.36. The minimum Gasteiger partial charge on any atom is -0.465 e. The smallest absolute Gasteiger partial charge is 0.337 e. The first kappa shape index (κ1) is 18.7. The van der Waals surface area contributed by atoms with Crippen LogP contribution in [0.1, 0.15) is 59.2 Å². The van der Waals surface area contributed by atoms with E-state index in [1.165, 1.54) is 32.8 Å². The number of methoxy groups -OCH3 is 1. The summed E-state index contributed by atoms with van der Waals surface area (Å²) in [6.07, 6.45) is 8.84. The van der Waals surface area contributed by atoms with Gasteiger partial charge in [0.2, 0.25) is 0 Å². The van der Waals surface area contributed by atoms with E-state index >= 15 is 0 Å². The largest absolute Gasteiger partial charge is 0.465 e. The lowest BCUT2D eigenvalue weighted by Gasteiger charge is -2.44. The molecule has 2 heterocycles. The van der Waals surface area contributed by atoms with E-state index in [1.807, 2.05) is 19.2 Å². The lowest BCUT2D eigenvalue weighted by molar-refractivity contribution is 0.0391. The summed E-state index contributed by atoms with van der Waals surface area (Å²) in [7, 11) is 3.21. The highest BCUT2D eigenvalue weighted by Gasteiger charge is 2.37. The zero-order chi connectivity index (χ0) is 19.7. The van der Waals surface area contributed by atoms with Crippen molar-refractivity contribution in [2.45, 2.75) is 44.6 Å². The average Bonchev–Trinajstić information content (AvgIpc) is 3.13. The summed E-state index contributed by atoms with van der Waals surface area (Å²) in [5.41, 5.74) is 2.79. The van der Waals surface area contributed by atoms with E-state index in [1.54, 1.807) is 23.0 Å². The second-order valence-corrected chi connectivity index (χ2v) is 7.85. The SMILES string of the molecule is COC(=O)c1ccc(-c2c(C(=O)N3CCCC4CCCCC43)cnn2C)cc1. The Balaban J connectivity index is 1.64. The summed E-state index contributed by atoms with van der Waals surface area (Å²) >= 11 is 0. The Morgan fingerprint density at radius 2 is 1.79 bits per heavy atom. The zero-order valence-corrected chi connectivity index (χ0v) is 16.6. The van der Waals surface area contributed by atoms with Crippen molar-refractivity contribution in [1.29, 1.82) is 0 Å². The third-order valence-electron chi connectivity index (χ3n) is 6.25. The molecule has 6 heteroatoms. The van der Waals surface area contributed by atoms with Crippen LogP contribution in [0, 0.1) is 5.92 Å². The van der Waals surface area contributed by atoms with Crippen LogP contribution in [0.15, 0.2) is 30.5 Å². The molecule has 1 aromatic heterocycles. The lowest BCUT2D eigenvalue weighted by atomic mass is 9.78. The fourth-order valence-corrected chi connectivity index (χ4v) is 4.85. The lowest BCUT2D eigenvalue weighted by Crippen LogP contribution is -2.49. The van der Waals surface area contributed by atoms with Crippen LogP contribution in [0.4, 0.5) is 0 Å². The van der Waals surface area contributed by atoms with Crippen LogP contribution in [0.2, 0.25) is 0 Å². The first-order valence-electron chi connectivity index (χ1n) is 10.1. The highest BCUT2D eigenvalue weighted by Crippen LogP contribution is 2.37. The molecule has 148 valence electrons. The van der Waals surface area contributed by atoms with Gasteiger partial charge in [0.25, 0.3) is 5.91 Å². The molecule has 1 amide bonds. The topological polar surface area (TPSA) is 64.4 Å². The van der Waals surface area contributed by atoms with Crippen molar-refractivity contribution in [3.63, 3.8) is 0 Å². The van der Waals surface area contributed by atoms with Crippen molar-refractivity contribution < 1.29 is 14.3 Å². The third-order valence-corrected chi connectivity index (χ3v) is 6.25. The van der Waals surface area contributed by atoms with Gasteiger partial charge in [0.05, 0.1) is 30.1 Å². The number of ether oxygens (including phenoxy) is 1. The molecule has 0 radical (unpaired) electrons. The third kappa shape index (κ3) is 3.32. The van der Waals surface area contributed by atoms with E-state index in [0.717, 1.165) is 30.6 Å². The molecular formula is C22H27N3O3. The Bertz CT molecular complexity index is 870. The Hall–Kier alpha value is -2.63. The first-order chi connectivity index (χ1) is 13.6. The highest BCUT2D eigenvalue weighted by atomic mass is 16.5. The molecule has 0 bridgehead atoms. The van der Waals surface area contributed by atoms with E-state index in [-0.39, 0.29) is 11.9 Å². The van der Waals surface area contributed by atoms with Gasteiger partial charge in [-0.2, -0.15) is 5.10 Å². The molecule has 2 atom stereocenters. The maximum atomic E-state index is 13.5. The number of hydrogen-bond acceptors (Lipinski definition) is 4. The molecule has 1 aliphatic heterocycles. The van der Waals surface area contributed by atoms with Gasteiger partial charge in [0.1, 0.15) is 0 Å². The molecule has 4 rings (SSSR count). The molecule has 0 spiro atoms. The molecule has 2 fully saturated rings. The van der Waals surface area contributed by atoms with Crippen LogP contribution in [-0.4, -0.2) is 46.3 Å². The molecule has 1 aliphatic carbocycles. The fourth-order valence-electron chi connectivity index (χ4n) is 4.85. The van der Waals surface area contributed by atoms with Crippen molar-refractivity contribution in [3.05, 3.63) is 41.6 Å². The van der Waals surface area contributed by atoms with E-state index in [2.05, 4.69) is 10.00 Å². The summed E-state index contributed by atoms with van der Waals surface area (Å²) in [6.45, 7) is 0.829. The number of fused-ring (bicyclic) bond motifs is 1. The highest BCUT2D eigenvalue weighted by molar-refractivity contribution is 6.00. The summed E-state index contributed by atoms with van der Waals surface area (Å²) < 4.78 is 6.50. The van der Waals surface area contributed by atoms with E-state index < -0.39 is 0 Å². The van der Waals surface area contributed by atoms with E-state index in [9.17, 15) is 9.59 Å². The van der Waals surface area contributed by atoms with Crippen LogP contribution in [0.5, 0.6) is 0 Å². The number of carbonyl (C=O) groups excluding carboxylic acids is 2. The minimum atomic E-state index is -0.371. The number of rotatable bonds is 3. The van der Waals surface area contributed by atoms with Gasteiger partial charge in [-0.3, -0.25) is 9.48 Å². The number of amides is 1. The Morgan fingerprint density at radius 3 is 2.54 bits per heavy atom. The first-order valence-corrected chi connectivity index (χ1v) is 10.1. The second-order valence-electron chi connectivity index (χ2n) is 7.85. The quantitative estimate of drug-likeness (QED) is 0.761. The predicted molar refractivity (Wildman–Crippen MR) is 106 cm³/mol. The normalized spacial score (nSPS) is 21.9. The molecule has 6 nitrogen and oxygen atoms in total. The zero-order valence-electron chi connectivity index (χ0n) is 16.6. The summed E-state index contributed by atoms with van der Waals surface area (Å²) in [5.74, 6) is 0.354. The number of hydrogen-bond donors (Lipinski definition) is 0. The molecule has 1 aromatic carbocycles. The number of nitrogens with zero attached hydrogens (tertiary/aromatic N) is 3. The van der Waals surface area contributed by atoms with Crippen LogP contribution in [-0.2, 0) is 11.8 Å². The summed E-state index contributed by atoms with van der Waals surface area (Å²) in [6, 6.07) is 7.50. The monoisotopic (exact) mass is 381 g/mol. The van der Waals surface area contributed by atoms with Crippen LogP contribution < -0.4 is 0 Å². The minimum absolute atomic E-state index is 0.0803. The Labute approximate surface area is 165 Å². The van der Waals surface area contributed by atoms with Gasteiger partial charge < -0.3 is 9.64 Å². The van der Waals surface area contributed by atoms with Crippen LogP contribution in [0.25, 0.3) is 11.3 Å². The molecule has 28 heavy (non-hydrogen) atoms. The van der Waals surface area contributed by atoms with Gasteiger partial charge in [0.15, 0.2) is 0 Å². The molecule has 2 aliphatic rings. The van der Waals surface area contributed by atoms with Gasteiger partial charge in [-0.25, -0.2) is 4.79 Å². The molecule has 2 unspecified atom stereocenters. The predicted octanol–water partition coefficient (Wildman–Crippen LogP) is 3.67. The van der Waals surface area contributed by atoms with Crippen LogP contribution >= 0.6 is 0 Å². The van der Waals surface area contributed by atoms with Crippen molar-refractivity contribution in [1.82, 2.24) is 14.7 Å². The number of aryl methyl sites for hydroxylation is 1. The van der Waals surface area contributed by atoms with E-state index in [0.29, 0.717) is 23.1 Å². The van der Waals surface area contributed by atoms with Crippen molar-refractivity contribution in [3.8, 4) is 11.3 Å². The average molecular weight is 381 g/mol. The Kier molecular flexibility index (Phi) is 5.20. The molecular weight excluding hydrogens is 354 g/mol. The molecule has 0 N–H and O–H groups in total.